The third kappa shape index (κ3) is 4.71. The van der Waals surface area contributed by atoms with Crippen LogP contribution in [-0.4, -0.2) is 17.4 Å². The summed E-state index contributed by atoms with van der Waals surface area (Å²) in [6.07, 6.45) is 8.40. The van der Waals surface area contributed by atoms with Crippen LogP contribution in [0.3, 0.4) is 0 Å². The number of aromatic nitrogens is 1. The van der Waals surface area contributed by atoms with E-state index in [1.165, 1.54) is 17.4 Å². The predicted molar refractivity (Wildman–Crippen MR) is 97.5 cm³/mol. The Morgan fingerprint density at radius 2 is 2.00 bits per heavy atom. The number of rotatable bonds is 4. The van der Waals surface area contributed by atoms with Gasteiger partial charge in [-0.05, 0) is 23.8 Å². The molecule has 5 heteroatoms. The average molecular weight is 341 g/mol. The van der Waals surface area contributed by atoms with Crippen LogP contribution < -0.4 is 19.5 Å². The molecule has 0 aliphatic heterocycles. The first-order valence-electron chi connectivity index (χ1n) is 7.43. The number of benzene rings is 1. The van der Waals surface area contributed by atoms with Crippen molar-refractivity contribution in [1.82, 2.24) is 4.98 Å². The smallest absolute Gasteiger partial charge is 0.266 e. The van der Waals surface area contributed by atoms with Crippen molar-refractivity contribution >= 4 is 29.3 Å². The van der Waals surface area contributed by atoms with E-state index in [-0.39, 0.29) is 17.9 Å². The van der Waals surface area contributed by atoms with Crippen molar-refractivity contribution in [2.45, 2.75) is 20.8 Å². The van der Waals surface area contributed by atoms with E-state index in [0.717, 1.165) is 5.56 Å². The summed E-state index contributed by atoms with van der Waals surface area (Å²) >= 11 is 1.26. The monoisotopic (exact) mass is 341 g/mol. The number of carbonyl (C=O) groups is 1. The van der Waals surface area contributed by atoms with Crippen LogP contribution in [0.15, 0.2) is 29.1 Å². The molecule has 0 spiro atoms. The molecule has 0 saturated heterocycles. The minimum atomic E-state index is -0.473. The SMILES string of the molecule is C#CCOc1ccc(/C=c2\s/c(=C/C(=O)C(C)(C)C)[nH]c2=O)cc1. The predicted octanol–water partition coefficient (Wildman–Crippen LogP) is 1.67. The molecular formula is C19H19NO3S. The summed E-state index contributed by atoms with van der Waals surface area (Å²) in [5, 5.41) is 0. The van der Waals surface area contributed by atoms with Crippen molar-refractivity contribution in [2.75, 3.05) is 6.61 Å². The molecule has 4 nitrogen and oxygen atoms in total. The highest BCUT2D eigenvalue weighted by molar-refractivity contribution is 7.07. The van der Waals surface area contributed by atoms with E-state index in [4.69, 9.17) is 11.2 Å². The van der Waals surface area contributed by atoms with Gasteiger partial charge in [-0.25, -0.2) is 0 Å². The fraction of sp³-hybridized carbons (Fsp3) is 0.263. The van der Waals surface area contributed by atoms with Crippen molar-refractivity contribution in [3.63, 3.8) is 0 Å². The Balaban J connectivity index is 2.32. The van der Waals surface area contributed by atoms with Gasteiger partial charge in [0.05, 0.1) is 9.20 Å². The van der Waals surface area contributed by atoms with Crippen molar-refractivity contribution < 1.29 is 9.53 Å². The Kier molecular flexibility index (Phi) is 5.42. The fourth-order valence-electron chi connectivity index (χ4n) is 1.80. The van der Waals surface area contributed by atoms with Crippen molar-refractivity contribution in [3.05, 3.63) is 49.4 Å². The van der Waals surface area contributed by atoms with Crippen LogP contribution in [0, 0.1) is 17.8 Å². The molecule has 2 aromatic rings. The molecule has 2 rings (SSSR count). The van der Waals surface area contributed by atoms with Gasteiger partial charge >= 0.3 is 0 Å². The topological polar surface area (TPSA) is 59.2 Å². The zero-order valence-electron chi connectivity index (χ0n) is 13.9. The number of H-pyrrole nitrogens is 1. The quantitative estimate of drug-likeness (QED) is 0.861. The summed E-state index contributed by atoms with van der Waals surface area (Å²) in [7, 11) is 0. The Morgan fingerprint density at radius 1 is 1.33 bits per heavy atom. The van der Waals surface area contributed by atoms with Crippen LogP contribution in [0.25, 0.3) is 12.2 Å². The number of hydrogen-bond donors (Lipinski definition) is 1. The third-order valence-corrected chi connectivity index (χ3v) is 4.14. The molecule has 0 bridgehead atoms. The van der Waals surface area contributed by atoms with E-state index in [9.17, 15) is 9.59 Å². The van der Waals surface area contributed by atoms with E-state index >= 15 is 0 Å². The summed E-state index contributed by atoms with van der Waals surface area (Å²) in [5.74, 6) is 3.05. The Hall–Kier alpha value is -2.58. The minimum Gasteiger partial charge on any atom is -0.481 e. The highest BCUT2D eigenvalue weighted by Gasteiger charge is 2.18. The molecule has 1 aromatic carbocycles. The molecule has 0 aliphatic carbocycles. The number of ether oxygens (including phenoxy) is 1. The number of thiazole rings is 1. The molecule has 1 aromatic heterocycles. The van der Waals surface area contributed by atoms with Gasteiger partial charge in [-0.3, -0.25) is 9.59 Å². The lowest BCUT2D eigenvalue weighted by atomic mass is 9.91. The second-order valence-electron chi connectivity index (χ2n) is 6.25. The molecule has 1 heterocycles. The van der Waals surface area contributed by atoms with Gasteiger partial charge in [-0.2, -0.15) is 0 Å². The molecule has 24 heavy (non-hydrogen) atoms. The molecular weight excluding hydrogens is 322 g/mol. The fourth-order valence-corrected chi connectivity index (χ4v) is 2.68. The number of ketones is 1. The highest BCUT2D eigenvalue weighted by Crippen LogP contribution is 2.15. The van der Waals surface area contributed by atoms with Gasteiger partial charge in [0.25, 0.3) is 5.56 Å². The number of Topliss-reactive ketones (excluding diaryl/α,β-unsaturated/α-hetero) is 1. The number of carbonyl (C=O) groups excluding carboxylic acids is 1. The summed E-state index contributed by atoms with van der Waals surface area (Å²) < 4.78 is 6.40. The number of aromatic amines is 1. The molecule has 0 unspecified atom stereocenters. The van der Waals surface area contributed by atoms with Gasteiger partial charge < -0.3 is 9.72 Å². The van der Waals surface area contributed by atoms with E-state index in [2.05, 4.69) is 10.9 Å². The highest BCUT2D eigenvalue weighted by atomic mass is 32.1. The molecule has 0 amide bonds. The number of hydrogen-bond acceptors (Lipinski definition) is 4. The maximum atomic E-state index is 12.0. The lowest BCUT2D eigenvalue weighted by Crippen LogP contribution is -2.22. The summed E-state index contributed by atoms with van der Waals surface area (Å²) in [5.41, 5.74) is 0.184. The second kappa shape index (κ2) is 7.33. The molecule has 0 fully saturated rings. The van der Waals surface area contributed by atoms with Crippen molar-refractivity contribution in [2.24, 2.45) is 5.41 Å². The molecule has 1 N–H and O–H groups in total. The Labute approximate surface area is 144 Å². The second-order valence-corrected chi connectivity index (χ2v) is 7.33. The summed E-state index contributed by atoms with van der Waals surface area (Å²) in [4.78, 5) is 26.8. The van der Waals surface area contributed by atoms with Crippen LogP contribution in [0.5, 0.6) is 5.75 Å². The average Bonchev–Trinajstić information content (AvgIpc) is 2.85. The van der Waals surface area contributed by atoms with Crippen LogP contribution in [0.4, 0.5) is 0 Å². The van der Waals surface area contributed by atoms with E-state index < -0.39 is 5.41 Å². The molecule has 0 atom stereocenters. The molecule has 0 radical (unpaired) electrons. The first kappa shape index (κ1) is 17.8. The third-order valence-electron chi connectivity index (χ3n) is 3.18. The zero-order valence-corrected chi connectivity index (χ0v) is 14.7. The van der Waals surface area contributed by atoms with Gasteiger partial charge in [0, 0.05) is 11.5 Å². The molecule has 124 valence electrons. The normalized spacial score (nSPS) is 12.9. The number of terminal acetylenes is 1. The van der Waals surface area contributed by atoms with E-state index in [0.29, 0.717) is 14.9 Å². The van der Waals surface area contributed by atoms with Crippen molar-refractivity contribution in [3.8, 4) is 18.1 Å². The standard InChI is InChI=1S/C19H19NO3S/c1-5-10-23-14-8-6-13(7-9-14)11-15-18(22)20-17(24-15)12-16(21)19(2,3)4/h1,6-9,11-12H,10H2,2-4H3,(H,20,22)/b15-11-,17-12+. The van der Waals surface area contributed by atoms with Gasteiger partial charge in [0.1, 0.15) is 12.4 Å². The molecule has 0 aliphatic rings. The van der Waals surface area contributed by atoms with Crippen LogP contribution in [0.2, 0.25) is 0 Å². The molecule has 0 saturated carbocycles. The number of nitrogens with one attached hydrogen (secondary N) is 1. The summed E-state index contributed by atoms with van der Waals surface area (Å²) in [6.45, 7) is 5.74. The van der Waals surface area contributed by atoms with Gasteiger partial charge in [0.15, 0.2) is 5.78 Å². The first-order chi connectivity index (χ1) is 11.3. The Morgan fingerprint density at radius 3 is 2.58 bits per heavy atom. The lowest BCUT2D eigenvalue weighted by molar-refractivity contribution is -0.119. The lowest BCUT2D eigenvalue weighted by Gasteiger charge is -2.12. The van der Waals surface area contributed by atoms with Crippen LogP contribution in [-0.2, 0) is 4.79 Å². The maximum absolute atomic E-state index is 12.0. The van der Waals surface area contributed by atoms with Crippen LogP contribution >= 0.6 is 11.3 Å². The van der Waals surface area contributed by atoms with Crippen molar-refractivity contribution in [1.29, 1.82) is 0 Å². The maximum Gasteiger partial charge on any atom is 0.266 e. The van der Waals surface area contributed by atoms with Gasteiger partial charge in [0.2, 0.25) is 0 Å². The van der Waals surface area contributed by atoms with Gasteiger partial charge in [-0.15, -0.1) is 17.8 Å². The Bertz CT molecular complexity index is 935. The summed E-state index contributed by atoms with van der Waals surface area (Å²) in [6, 6.07) is 7.27. The van der Waals surface area contributed by atoms with E-state index in [1.54, 1.807) is 18.2 Å². The van der Waals surface area contributed by atoms with Crippen LogP contribution in [0.1, 0.15) is 26.3 Å². The largest absolute Gasteiger partial charge is 0.481 e. The van der Waals surface area contributed by atoms with Gasteiger partial charge in [-0.1, -0.05) is 38.8 Å². The zero-order chi connectivity index (χ0) is 17.7. The minimum absolute atomic E-state index is 0.0263. The van der Waals surface area contributed by atoms with E-state index in [1.807, 2.05) is 32.9 Å². The first-order valence-corrected chi connectivity index (χ1v) is 8.24.